The molecular formula is C25H42N7O17P3S. The number of thioether (sulfide) groups is 1. The van der Waals surface area contributed by atoms with Gasteiger partial charge in [0.1, 0.15) is 36.4 Å². The second-order valence-corrected chi connectivity index (χ2v) is 17.3. The molecule has 0 aromatic carbocycles. The Morgan fingerprint density at radius 3 is 2.49 bits per heavy atom. The van der Waals surface area contributed by atoms with Crippen LogP contribution in [0.15, 0.2) is 18.5 Å². The Morgan fingerprint density at radius 2 is 1.83 bits per heavy atom. The Labute approximate surface area is 306 Å². The van der Waals surface area contributed by atoms with E-state index in [4.69, 9.17) is 19.5 Å². The minimum absolute atomic E-state index is 0.0442. The van der Waals surface area contributed by atoms with Gasteiger partial charge in [-0.25, -0.2) is 23.7 Å². The number of rotatable bonds is 20. The van der Waals surface area contributed by atoms with Gasteiger partial charge < -0.3 is 61.1 Å². The Hall–Kier alpha value is -2.57. The number of carbonyl (C=O) groups is 3. The van der Waals surface area contributed by atoms with E-state index < -0.39 is 84.6 Å². The summed E-state index contributed by atoms with van der Waals surface area (Å²) >= 11 is 1.01. The number of carbonyl (C=O) groups excluding carboxylic acids is 3. The normalized spacial score (nSPS) is 23.2. The van der Waals surface area contributed by atoms with Crippen molar-refractivity contribution in [2.75, 3.05) is 54.7 Å². The summed E-state index contributed by atoms with van der Waals surface area (Å²) in [4.78, 5) is 84.1. The summed E-state index contributed by atoms with van der Waals surface area (Å²) in [5.74, 6) is -0.896. The number of nitrogens with zero attached hydrogens (tertiary/aromatic N) is 3. The van der Waals surface area contributed by atoms with Crippen molar-refractivity contribution in [2.45, 2.75) is 57.8 Å². The number of amides is 2. The molecule has 1 saturated heterocycles. The lowest BCUT2D eigenvalue weighted by Gasteiger charge is -2.30. The van der Waals surface area contributed by atoms with E-state index in [1.807, 2.05) is 0 Å². The maximum absolute atomic E-state index is 12.6. The molecule has 3 heterocycles. The summed E-state index contributed by atoms with van der Waals surface area (Å²) in [5, 5.41) is 29.0. The molecule has 2 unspecified atom stereocenters. The molecule has 24 nitrogen and oxygen atoms in total. The molecule has 2 aliphatic rings. The SMILES string of the molecule is C/C=C/C(=O)SCCNC(=O)CCNC(=O)[C@H](O)C(C)(C)COP(=O)(O)OP(=O)(O)OC[C@H]1O[C@@H](N2CNc3c(N)ncnc32)[C@H](O)[C@@H]1OP(=O)(O)O. The lowest BCUT2D eigenvalue weighted by molar-refractivity contribution is -0.137. The first-order valence-corrected chi connectivity index (χ1v) is 20.9. The summed E-state index contributed by atoms with van der Waals surface area (Å²) in [7, 11) is -16.3. The maximum Gasteiger partial charge on any atom is 0.481 e. The van der Waals surface area contributed by atoms with Crippen LogP contribution in [0.5, 0.6) is 0 Å². The number of fused-ring (bicyclic) bond motifs is 1. The highest BCUT2D eigenvalue weighted by molar-refractivity contribution is 8.14. The molecule has 0 spiro atoms. The quantitative estimate of drug-likeness (QED) is 0.0423. The summed E-state index contributed by atoms with van der Waals surface area (Å²) in [6.45, 7) is 2.14. The van der Waals surface area contributed by atoms with Crippen molar-refractivity contribution < 1.29 is 80.5 Å². The van der Waals surface area contributed by atoms with Crippen LogP contribution in [-0.2, 0) is 50.7 Å². The zero-order valence-corrected chi connectivity index (χ0v) is 31.9. The summed E-state index contributed by atoms with van der Waals surface area (Å²) in [6, 6.07) is 0. The number of aromatic nitrogens is 2. The van der Waals surface area contributed by atoms with Gasteiger partial charge >= 0.3 is 23.5 Å². The smallest absolute Gasteiger partial charge is 0.386 e. The second-order valence-electron chi connectivity index (χ2n) is 11.9. The molecule has 1 aromatic heterocycles. The average molecular weight is 838 g/mol. The highest BCUT2D eigenvalue weighted by Gasteiger charge is 2.52. The third-order valence-electron chi connectivity index (χ3n) is 7.25. The van der Waals surface area contributed by atoms with Gasteiger partial charge in [0.15, 0.2) is 17.9 Å². The zero-order chi connectivity index (χ0) is 39.8. The summed E-state index contributed by atoms with van der Waals surface area (Å²) in [5.41, 5.74) is 4.46. The Morgan fingerprint density at radius 1 is 1.15 bits per heavy atom. The molecule has 3 rings (SSSR count). The Bertz CT molecular complexity index is 1650. The highest BCUT2D eigenvalue weighted by atomic mass is 32.2. The average Bonchev–Trinajstić information content (AvgIpc) is 3.61. The van der Waals surface area contributed by atoms with Gasteiger partial charge in [-0.2, -0.15) is 4.31 Å². The Kier molecular flexibility index (Phi) is 15.9. The van der Waals surface area contributed by atoms with Crippen molar-refractivity contribution in [3.8, 4) is 0 Å². The molecule has 0 bridgehead atoms. The number of aliphatic hydroxyl groups excluding tert-OH is 2. The van der Waals surface area contributed by atoms with Crippen LogP contribution in [-0.4, -0.2) is 126 Å². The first-order valence-electron chi connectivity index (χ1n) is 15.4. The maximum atomic E-state index is 12.6. The molecule has 28 heteroatoms. The molecule has 0 radical (unpaired) electrons. The van der Waals surface area contributed by atoms with Crippen LogP contribution in [0.1, 0.15) is 27.2 Å². The lowest BCUT2D eigenvalue weighted by atomic mass is 9.87. The molecule has 1 fully saturated rings. The number of aliphatic hydroxyl groups is 2. The van der Waals surface area contributed by atoms with Gasteiger partial charge in [0, 0.05) is 30.7 Å². The van der Waals surface area contributed by atoms with Gasteiger partial charge in [0.2, 0.25) is 16.9 Å². The number of phosphoric acid groups is 3. The van der Waals surface area contributed by atoms with E-state index in [9.17, 15) is 57.9 Å². The van der Waals surface area contributed by atoms with Crippen LogP contribution in [0.3, 0.4) is 0 Å². The third-order valence-corrected chi connectivity index (χ3v) is 11.2. The number of nitrogen functional groups attached to an aromatic ring is 1. The predicted octanol–water partition coefficient (Wildman–Crippen LogP) is -1.09. The Balaban J connectivity index is 1.51. The van der Waals surface area contributed by atoms with Crippen molar-refractivity contribution in [1.29, 1.82) is 0 Å². The van der Waals surface area contributed by atoms with Gasteiger partial charge in [0.05, 0.1) is 19.9 Å². The van der Waals surface area contributed by atoms with Gasteiger partial charge in [-0.15, -0.1) is 0 Å². The third kappa shape index (κ3) is 13.6. The number of anilines is 3. The fourth-order valence-electron chi connectivity index (χ4n) is 4.66. The number of allylic oxidation sites excluding steroid dienone is 1. The van der Waals surface area contributed by atoms with E-state index in [1.54, 1.807) is 13.0 Å². The van der Waals surface area contributed by atoms with E-state index >= 15 is 0 Å². The minimum Gasteiger partial charge on any atom is -0.386 e. The molecule has 300 valence electrons. The fourth-order valence-corrected chi connectivity index (χ4v) is 8.13. The topological polar surface area (TPSA) is 361 Å². The number of nitrogens with two attached hydrogens (primary N) is 1. The number of nitrogens with one attached hydrogen (secondary N) is 3. The molecule has 2 aliphatic heterocycles. The second kappa shape index (κ2) is 18.8. The first kappa shape index (κ1) is 44.8. The largest absolute Gasteiger partial charge is 0.481 e. The minimum atomic E-state index is -5.55. The highest BCUT2D eigenvalue weighted by Crippen LogP contribution is 2.61. The summed E-state index contributed by atoms with van der Waals surface area (Å²) < 4.78 is 61.0. The molecule has 0 saturated carbocycles. The van der Waals surface area contributed by atoms with Crippen LogP contribution in [0.4, 0.5) is 17.3 Å². The molecule has 7 atom stereocenters. The fraction of sp³-hybridized carbons (Fsp3) is 0.640. The number of hydrogen-bond acceptors (Lipinski definition) is 19. The van der Waals surface area contributed by atoms with Crippen LogP contribution in [0.2, 0.25) is 0 Å². The lowest BCUT2D eigenvalue weighted by Crippen LogP contribution is -2.46. The summed E-state index contributed by atoms with van der Waals surface area (Å²) in [6.07, 6.45) is -4.80. The van der Waals surface area contributed by atoms with Crippen LogP contribution in [0, 0.1) is 5.41 Å². The van der Waals surface area contributed by atoms with Crippen molar-refractivity contribution in [3.05, 3.63) is 18.5 Å². The first-order chi connectivity index (χ1) is 24.6. The molecule has 2 amide bonds. The predicted molar refractivity (Wildman–Crippen MR) is 184 cm³/mol. The van der Waals surface area contributed by atoms with E-state index in [1.165, 1.54) is 24.8 Å². The number of ether oxygens (including phenoxy) is 1. The van der Waals surface area contributed by atoms with E-state index in [-0.39, 0.29) is 48.6 Å². The van der Waals surface area contributed by atoms with Gasteiger partial charge in [0.25, 0.3) is 0 Å². The van der Waals surface area contributed by atoms with Gasteiger partial charge in [-0.1, -0.05) is 31.7 Å². The van der Waals surface area contributed by atoms with Crippen molar-refractivity contribution in [2.24, 2.45) is 5.41 Å². The van der Waals surface area contributed by atoms with Crippen molar-refractivity contribution in [3.63, 3.8) is 0 Å². The van der Waals surface area contributed by atoms with Crippen molar-refractivity contribution in [1.82, 2.24) is 20.6 Å². The molecule has 53 heavy (non-hydrogen) atoms. The monoisotopic (exact) mass is 837 g/mol. The standard InChI is InChI=1S/C25H42N7O17P3S/c1-4-5-16(34)53-9-8-27-15(33)6-7-28-23(37)20(36)25(2,3)11-46-52(43,44)49-51(41,42)45-10-14-19(48-50(38,39)40)18(35)24(47-14)32-13-31-17-21(26)29-12-30-22(17)32/h4-5,12,14,18-20,24,31,35-36H,6-11,13H2,1-3H3,(H,27,33)(H,28,37)(H,41,42)(H,43,44)(H2,26,29,30)(H2,38,39,40)/b5-4+/t14-,18-,19-,20+,24-/m1/s1. The van der Waals surface area contributed by atoms with Crippen LogP contribution < -0.4 is 26.6 Å². The van der Waals surface area contributed by atoms with Crippen molar-refractivity contribution >= 4 is 69.5 Å². The zero-order valence-electron chi connectivity index (χ0n) is 28.4. The van der Waals surface area contributed by atoms with E-state index in [0.29, 0.717) is 5.75 Å². The van der Waals surface area contributed by atoms with Crippen LogP contribution in [0.25, 0.3) is 0 Å². The van der Waals surface area contributed by atoms with Gasteiger partial charge in [-0.05, 0) is 13.0 Å². The molecule has 0 aliphatic carbocycles. The van der Waals surface area contributed by atoms with Crippen LogP contribution >= 0.6 is 35.2 Å². The molecule has 1 aromatic rings. The van der Waals surface area contributed by atoms with E-state index in [2.05, 4.69) is 34.8 Å². The number of hydrogen-bond donors (Lipinski definition) is 10. The van der Waals surface area contributed by atoms with E-state index in [0.717, 1.165) is 18.1 Å². The van der Waals surface area contributed by atoms with Gasteiger partial charge in [-0.3, -0.25) is 28.0 Å². The molecular weight excluding hydrogens is 795 g/mol. The number of phosphoric ester groups is 3. The molecule has 11 N–H and O–H groups in total.